The summed E-state index contributed by atoms with van der Waals surface area (Å²) in [5, 5.41) is 12.0. The third-order valence-corrected chi connectivity index (χ3v) is 3.59. The Morgan fingerprint density at radius 2 is 2.00 bits per heavy atom. The lowest BCUT2D eigenvalue weighted by Crippen LogP contribution is -2.30. The van der Waals surface area contributed by atoms with Crippen molar-refractivity contribution >= 4 is 17.7 Å². The molecular formula is C14H20FNO2S. The van der Waals surface area contributed by atoms with Crippen molar-refractivity contribution in [1.82, 2.24) is 5.32 Å². The van der Waals surface area contributed by atoms with Crippen LogP contribution in [0.1, 0.15) is 20.3 Å². The van der Waals surface area contributed by atoms with E-state index in [2.05, 4.69) is 5.32 Å². The molecule has 0 aliphatic heterocycles. The number of rotatable bonds is 7. The van der Waals surface area contributed by atoms with Crippen LogP contribution >= 0.6 is 11.8 Å². The van der Waals surface area contributed by atoms with Crippen molar-refractivity contribution in [3.05, 3.63) is 30.1 Å². The van der Waals surface area contributed by atoms with Gasteiger partial charge in [-0.25, -0.2) is 4.39 Å². The zero-order chi connectivity index (χ0) is 14.3. The molecule has 0 aromatic heterocycles. The van der Waals surface area contributed by atoms with Gasteiger partial charge in [0.2, 0.25) is 5.91 Å². The van der Waals surface area contributed by atoms with E-state index in [-0.39, 0.29) is 23.7 Å². The van der Waals surface area contributed by atoms with Crippen LogP contribution in [-0.2, 0) is 4.79 Å². The summed E-state index contributed by atoms with van der Waals surface area (Å²) < 4.78 is 12.7. The first-order chi connectivity index (χ1) is 8.97. The van der Waals surface area contributed by atoms with Gasteiger partial charge < -0.3 is 10.4 Å². The Hall–Kier alpha value is -1.07. The van der Waals surface area contributed by atoms with Gasteiger partial charge in [-0.1, -0.05) is 6.92 Å². The molecule has 2 N–H and O–H groups in total. The van der Waals surface area contributed by atoms with Gasteiger partial charge in [0.05, 0.1) is 11.9 Å². The molecule has 0 aliphatic rings. The minimum absolute atomic E-state index is 0.0493. The summed E-state index contributed by atoms with van der Waals surface area (Å²) in [6.45, 7) is 4.29. The second-order valence-corrected chi connectivity index (χ2v) is 5.79. The smallest absolute Gasteiger partial charge is 0.230 e. The van der Waals surface area contributed by atoms with E-state index < -0.39 is 0 Å². The van der Waals surface area contributed by atoms with E-state index >= 15 is 0 Å². The molecular weight excluding hydrogens is 265 g/mol. The summed E-state index contributed by atoms with van der Waals surface area (Å²) in [5.41, 5.74) is 0. The lowest BCUT2D eigenvalue weighted by molar-refractivity contribution is -0.118. The summed E-state index contributed by atoms with van der Waals surface area (Å²) in [5.74, 6) is 0.236. The topological polar surface area (TPSA) is 49.3 Å². The fourth-order valence-corrected chi connectivity index (χ4v) is 2.41. The maximum absolute atomic E-state index is 12.7. The molecule has 106 valence electrons. The van der Waals surface area contributed by atoms with E-state index in [0.29, 0.717) is 18.7 Å². The molecule has 0 heterocycles. The number of amides is 1. The molecule has 3 nitrogen and oxygen atoms in total. The SMILES string of the molecule is CC(O)CC(C)CNC(=O)CSc1ccc(F)cc1. The second-order valence-electron chi connectivity index (χ2n) is 4.74. The molecule has 0 radical (unpaired) electrons. The largest absolute Gasteiger partial charge is 0.393 e. The molecule has 0 spiro atoms. The molecule has 1 rings (SSSR count). The van der Waals surface area contributed by atoms with E-state index in [0.717, 1.165) is 4.90 Å². The summed E-state index contributed by atoms with van der Waals surface area (Å²) >= 11 is 1.37. The van der Waals surface area contributed by atoms with Crippen molar-refractivity contribution in [1.29, 1.82) is 0 Å². The Labute approximate surface area is 117 Å². The van der Waals surface area contributed by atoms with Gasteiger partial charge in [-0.3, -0.25) is 4.79 Å². The summed E-state index contributed by atoms with van der Waals surface area (Å²) in [7, 11) is 0. The monoisotopic (exact) mass is 285 g/mol. The highest BCUT2D eigenvalue weighted by atomic mass is 32.2. The van der Waals surface area contributed by atoms with Crippen LogP contribution in [0.25, 0.3) is 0 Å². The van der Waals surface area contributed by atoms with E-state index in [1.54, 1.807) is 19.1 Å². The highest BCUT2D eigenvalue weighted by molar-refractivity contribution is 8.00. The predicted molar refractivity (Wildman–Crippen MR) is 75.6 cm³/mol. The average molecular weight is 285 g/mol. The number of nitrogens with one attached hydrogen (secondary N) is 1. The maximum atomic E-state index is 12.7. The molecule has 1 aromatic carbocycles. The average Bonchev–Trinajstić information content (AvgIpc) is 2.35. The minimum Gasteiger partial charge on any atom is -0.393 e. The maximum Gasteiger partial charge on any atom is 0.230 e. The molecule has 0 bridgehead atoms. The predicted octanol–water partition coefficient (Wildman–Crippen LogP) is 2.44. The number of benzene rings is 1. The number of hydrogen-bond acceptors (Lipinski definition) is 3. The standard InChI is InChI=1S/C14H20FNO2S/c1-10(7-11(2)17)8-16-14(18)9-19-13-5-3-12(15)4-6-13/h3-6,10-11,17H,7-9H2,1-2H3,(H,16,18). The summed E-state index contributed by atoms with van der Waals surface area (Å²) in [6, 6.07) is 6.07. The highest BCUT2D eigenvalue weighted by Crippen LogP contribution is 2.17. The Morgan fingerprint density at radius 1 is 1.37 bits per heavy atom. The minimum atomic E-state index is -0.347. The van der Waals surface area contributed by atoms with Crippen LogP contribution in [-0.4, -0.2) is 29.4 Å². The number of hydrogen-bond donors (Lipinski definition) is 2. The number of aliphatic hydroxyl groups excluding tert-OH is 1. The first-order valence-corrected chi connectivity index (χ1v) is 7.29. The first-order valence-electron chi connectivity index (χ1n) is 6.30. The second kappa shape index (κ2) is 8.17. The molecule has 19 heavy (non-hydrogen) atoms. The zero-order valence-electron chi connectivity index (χ0n) is 11.2. The van der Waals surface area contributed by atoms with Crippen LogP contribution in [0, 0.1) is 11.7 Å². The Morgan fingerprint density at radius 3 is 2.58 bits per heavy atom. The molecule has 5 heteroatoms. The van der Waals surface area contributed by atoms with Gasteiger partial charge in [-0.05, 0) is 43.5 Å². The fraction of sp³-hybridized carbons (Fsp3) is 0.500. The van der Waals surface area contributed by atoms with Gasteiger partial charge in [0.15, 0.2) is 0 Å². The molecule has 0 aliphatic carbocycles. The Bertz CT molecular complexity index is 395. The molecule has 2 atom stereocenters. The normalized spacial score (nSPS) is 13.9. The summed E-state index contributed by atoms with van der Waals surface area (Å²) in [4.78, 5) is 12.5. The highest BCUT2D eigenvalue weighted by Gasteiger charge is 2.08. The fourth-order valence-electron chi connectivity index (χ4n) is 1.68. The lowest BCUT2D eigenvalue weighted by Gasteiger charge is -2.14. The van der Waals surface area contributed by atoms with Crippen molar-refractivity contribution in [2.75, 3.05) is 12.3 Å². The van der Waals surface area contributed by atoms with Gasteiger partial charge in [0.1, 0.15) is 5.82 Å². The third-order valence-electron chi connectivity index (χ3n) is 2.57. The number of halogens is 1. The van der Waals surface area contributed by atoms with E-state index in [1.807, 2.05) is 6.92 Å². The van der Waals surface area contributed by atoms with Gasteiger partial charge >= 0.3 is 0 Å². The van der Waals surface area contributed by atoms with Crippen LogP contribution in [0.2, 0.25) is 0 Å². The summed E-state index contributed by atoms with van der Waals surface area (Å²) in [6.07, 6.45) is 0.325. The zero-order valence-corrected chi connectivity index (χ0v) is 12.0. The van der Waals surface area contributed by atoms with Crippen LogP contribution in [0.5, 0.6) is 0 Å². The molecule has 0 saturated heterocycles. The first kappa shape index (κ1) is 16.0. The molecule has 1 aromatic rings. The Kier molecular flexibility index (Phi) is 6.87. The van der Waals surface area contributed by atoms with Crippen molar-refractivity contribution in [3.8, 4) is 0 Å². The van der Waals surface area contributed by atoms with Crippen LogP contribution in [0.4, 0.5) is 4.39 Å². The van der Waals surface area contributed by atoms with Crippen molar-refractivity contribution in [2.24, 2.45) is 5.92 Å². The number of aliphatic hydroxyl groups is 1. The van der Waals surface area contributed by atoms with Crippen molar-refractivity contribution < 1.29 is 14.3 Å². The molecule has 0 fully saturated rings. The number of carbonyl (C=O) groups excluding carboxylic acids is 1. The number of thioether (sulfide) groups is 1. The van der Waals surface area contributed by atoms with Crippen molar-refractivity contribution in [2.45, 2.75) is 31.3 Å². The van der Waals surface area contributed by atoms with Crippen LogP contribution in [0.15, 0.2) is 29.2 Å². The van der Waals surface area contributed by atoms with E-state index in [1.165, 1.54) is 23.9 Å². The van der Waals surface area contributed by atoms with E-state index in [4.69, 9.17) is 0 Å². The molecule has 0 saturated carbocycles. The lowest BCUT2D eigenvalue weighted by atomic mass is 10.1. The van der Waals surface area contributed by atoms with Crippen LogP contribution < -0.4 is 5.32 Å². The number of carbonyl (C=O) groups is 1. The van der Waals surface area contributed by atoms with Gasteiger partial charge in [-0.15, -0.1) is 11.8 Å². The quantitative estimate of drug-likeness (QED) is 0.757. The third kappa shape index (κ3) is 7.18. The van der Waals surface area contributed by atoms with Crippen molar-refractivity contribution in [3.63, 3.8) is 0 Å². The van der Waals surface area contributed by atoms with Gasteiger partial charge in [0, 0.05) is 11.4 Å². The molecule has 1 amide bonds. The molecule has 2 unspecified atom stereocenters. The van der Waals surface area contributed by atoms with E-state index in [9.17, 15) is 14.3 Å². The van der Waals surface area contributed by atoms with Crippen LogP contribution in [0.3, 0.4) is 0 Å². The van der Waals surface area contributed by atoms with Gasteiger partial charge in [-0.2, -0.15) is 0 Å². The van der Waals surface area contributed by atoms with Gasteiger partial charge in [0.25, 0.3) is 0 Å². The Balaban J connectivity index is 2.22.